The normalized spacial score (nSPS) is 23.4. The van der Waals surface area contributed by atoms with Gasteiger partial charge in [0.15, 0.2) is 5.78 Å². The summed E-state index contributed by atoms with van der Waals surface area (Å²) in [7, 11) is 0. The fraction of sp³-hybridized carbons (Fsp3) is 0.357. The van der Waals surface area contributed by atoms with Gasteiger partial charge in [-0.1, -0.05) is 23.8 Å². The monoisotopic (exact) mass is 230 g/mol. The molecule has 82 valence electrons. The number of thioether (sulfide) groups is 1. The summed E-state index contributed by atoms with van der Waals surface area (Å²) in [4.78, 5) is 12.6. The molecule has 3 rings (SSSR count). The molecule has 1 aliphatic heterocycles. The minimum Gasteiger partial charge on any atom is -0.295 e. The summed E-state index contributed by atoms with van der Waals surface area (Å²) >= 11 is 1.95. The van der Waals surface area contributed by atoms with E-state index < -0.39 is 0 Å². The van der Waals surface area contributed by atoms with E-state index in [-0.39, 0.29) is 0 Å². The Balaban J connectivity index is 1.79. The number of allylic oxidation sites excluding steroid dienone is 2. The van der Waals surface area contributed by atoms with Crippen molar-refractivity contribution in [1.29, 1.82) is 0 Å². The predicted molar refractivity (Wildman–Crippen MR) is 66.8 cm³/mol. The Hall–Kier alpha value is -1.02. The first-order valence-corrected chi connectivity index (χ1v) is 6.75. The Morgan fingerprint density at radius 2 is 2.12 bits per heavy atom. The molecule has 0 aromatic heterocycles. The lowest BCUT2D eigenvalue weighted by atomic mass is 9.93. The minimum atomic E-state index is 0.314. The zero-order chi connectivity index (χ0) is 11.0. The van der Waals surface area contributed by atoms with Gasteiger partial charge in [0, 0.05) is 17.1 Å². The Kier molecular flexibility index (Phi) is 2.60. The van der Waals surface area contributed by atoms with Gasteiger partial charge in [-0.2, -0.15) is 0 Å². The molecule has 0 bridgehead atoms. The van der Waals surface area contributed by atoms with Crippen LogP contribution < -0.4 is 0 Å². The van der Waals surface area contributed by atoms with E-state index in [1.54, 1.807) is 0 Å². The molecule has 1 atom stereocenters. The van der Waals surface area contributed by atoms with Crippen molar-refractivity contribution in [2.24, 2.45) is 0 Å². The molecule has 1 aromatic rings. The molecule has 2 aliphatic rings. The van der Waals surface area contributed by atoms with Crippen LogP contribution in [0.15, 0.2) is 40.8 Å². The molecule has 1 nitrogen and oxygen atoms in total. The molecule has 0 fully saturated rings. The molecule has 0 radical (unpaired) electrons. The lowest BCUT2D eigenvalue weighted by Gasteiger charge is -2.10. The maximum absolute atomic E-state index is 11.2. The molecule has 1 aliphatic carbocycles. The molecular formula is C14H14OS. The van der Waals surface area contributed by atoms with Crippen molar-refractivity contribution < 1.29 is 4.79 Å². The Bertz CT molecular complexity index is 462. The van der Waals surface area contributed by atoms with Gasteiger partial charge < -0.3 is 0 Å². The van der Waals surface area contributed by atoms with Gasteiger partial charge in [0.05, 0.1) is 0 Å². The van der Waals surface area contributed by atoms with Gasteiger partial charge in [-0.25, -0.2) is 0 Å². The summed E-state index contributed by atoms with van der Waals surface area (Å²) in [6.45, 7) is 0. The third-order valence-corrected chi connectivity index (χ3v) is 4.62. The number of rotatable bonds is 2. The second-order valence-corrected chi connectivity index (χ2v) is 5.58. The van der Waals surface area contributed by atoms with Gasteiger partial charge in [0.25, 0.3) is 0 Å². The van der Waals surface area contributed by atoms with Crippen molar-refractivity contribution in [2.75, 3.05) is 5.75 Å². The van der Waals surface area contributed by atoms with Gasteiger partial charge >= 0.3 is 0 Å². The Morgan fingerprint density at radius 1 is 1.25 bits per heavy atom. The van der Waals surface area contributed by atoms with Crippen LogP contribution in [0.4, 0.5) is 0 Å². The van der Waals surface area contributed by atoms with Crippen LogP contribution in [0, 0.1) is 0 Å². The van der Waals surface area contributed by atoms with Crippen LogP contribution >= 0.6 is 11.8 Å². The molecule has 0 saturated heterocycles. The first kappa shape index (κ1) is 10.2. The summed E-state index contributed by atoms with van der Waals surface area (Å²) < 4.78 is 0. The van der Waals surface area contributed by atoms with Crippen LogP contribution in [0.1, 0.15) is 30.7 Å². The third-order valence-electron chi connectivity index (χ3n) is 3.37. The summed E-state index contributed by atoms with van der Waals surface area (Å²) in [5, 5.41) is 0. The first-order valence-electron chi connectivity index (χ1n) is 5.77. The maximum Gasteiger partial charge on any atom is 0.155 e. The molecule has 0 amide bonds. The van der Waals surface area contributed by atoms with Crippen LogP contribution in [0.3, 0.4) is 0 Å². The van der Waals surface area contributed by atoms with Crippen molar-refractivity contribution in [3.05, 3.63) is 41.5 Å². The molecule has 16 heavy (non-hydrogen) atoms. The van der Waals surface area contributed by atoms with Crippen LogP contribution in [0.25, 0.3) is 0 Å². The van der Waals surface area contributed by atoms with Crippen molar-refractivity contribution in [3.8, 4) is 0 Å². The van der Waals surface area contributed by atoms with E-state index in [1.165, 1.54) is 21.8 Å². The number of carbonyl (C=O) groups excluding carboxylic acids is 1. The highest BCUT2D eigenvalue weighted by molar-refractivity contribution is 7.99. The third kappa shape index (κ3) is 1.82. The van der Waals surface area contributed by atoms with Gasteiger partial charge in [-0.3, -0.25) is 4.79 Å². The molecular weight excluding hydrogens is 216 g/mol. The lowest BCUT2D eigenvalue weighted by molar-refractivity contribution is -0.114. The van der Waals surface area contributed by atoms with Crippen LogP contribution in [-0.2, 0) is 4.79 Å². The lowest BCUT2D eigenvalue weighted by Crippen LogP contribution is -1.97. The van der Waals surface area contributed by atoms with E-state index in [4.69, 9.17) is 0 Å². The van der Waals surface area contributed by atoms with Gasteiger partial charge in [0.2, 0.25) is 0 Å². The molecule has 1 aromatic carbocycles. The van der Waals surface area contributed by atoms with Crippen molar-refractivity contribution in [1.82, 2.24) is 0 Å². The molecule has 2 heteroatoms. The number of fused-ring (bicyclic) bond motifs is 1. The van der Waals surface area contributed by atoms with Crippen LogP contribution in [0.2, 0.25) is 0 Å². The zero-order valence-electron chi connectivity index (χ0n) is 9.11. The SMILES string of the molecule is O=C1C=C(CC2CSc3ccccc32)CC1. The highest BCUT2D eigenvalue weighted by Gasteiger charge is 2.24. The van der Waals surface area contributed by atoms with Crippen LogP contribution in [0.5, 0.6) is 0 Å². The molecule has 0 N–H and O–H groups in total. The molecule has 1 heterocycles. The number of hydrogen-bond acceptors (Lipinski definition) is 2. The average Bonchev–Trinajstić information content (AvgIpc) is 2.87. The van der Waals surface area contributed by atoms with Gasteiger partial charge in [-0.15, -0.1) is 11.8 Å². The van der Waals surface area contributed by atoms with Gasteiger partial charge in [-0.05, 0) is 36.5 Å². The molecule has 1 unspecified atom stereocenters. The topological polar surface area (TPSA) is 17.1 Å². The standard InChI is InChI=1S/C14H14OS/c15-12-6-5-10(8-12)7-11-9-16-14-4-2-1-3-13(11)14/h1-4,8,11H,5-7,9H2. The number of benzene rings is 1. The zero-order valence-corrected chi connectivity index (χ0v) is 9.93. The smallest absolute Gasteiger partial charge is 0.155 e. The second kappa shape index (κ2) is 4.10. The fourth-order valence-corrected chi connectivity index (χ4v) is 3.79. The van der Waals surface area contributed by atoms with Gasteiger partial charge in [0.1, 0.15) is 0 Å². The second-order valence-electron chi connectivity index (χ2n) is 4.52. The van der Waals surface area contributed by atoms with Crippen molar-refractivity contribution in [3.63, 3.8) is 0 Å². The first-order chi connectivity index (χ1) is 7.83. The Morgan fingerprint density at radius 3 is 2.94 bits per heavy atom. The summed E-state index contributed by atoms with van der Waals surface area (Å²) in [5.74, 6) is 2.11. The highest BCUT2D eigenvalue weighted by Crippen LogP contribution is 2.43. The summed E-state index contributed by atoms with van der Waals surface area (Å²) in [5.41, 5.74) is 2.83. The average molecular weight is 230 g/mol. The van der Waals surface area contributed by atoms with E-state index in [9.17, 15) is 4.79 Å². The van der Waals surface area contributed by atoms with E-state index in [0.717, 1.165) is 19.3 Å². The van der Waals surface area contributed by atoms with E-state index >= 15 is 0 Å². The fourth-order valence-electron chi connectivity index (χ4n) is 2.53. The Labute approximate surface area is 99.9 Å². The summed E-state index contributed by atoms with van der Waals surface area (Å²) in [6, 6.07) is 8.66. The predicted octanol–water partition coefficient (Wildman–Crippen LogP) is 3.56. The van der Waals surface area contributed by atoms with Crippen LogP contribution in [-0.4, -0.2) is 11.5 Å². The largest absolute Gasteiger partial charge is 0.295 e. The maximum atomic E-state index is 11.2. The molecule has 0 saturated carbocycles. The van der Waals surface area contributed by atoms with Crippen molar-refractivity contribution in [2.45, 2.75) is 30.1 Å². The number of ketones is 1. The minimum absolute atomic E-state index is 0.314. The number of carbonyl (C=O) groups is 1. The quantitative estimate of drug-likeness (QED) is 0.772. The van der Waals surface area contributed by atoms with E-state index in [1.807, 2.05) is 17.8 Å². The highest BCUT2D eigenvalue weighted by atomic mass is 32.2. The molecule has 0 spiro atoms. The van der Waals surface area contributed by atoms with E-state index in [0.29, 0.717) is 11.7 Å². The van der Waals surface area contributed by atoms with E-state index in [2.05, 4.69) is 24.3 Å². The van der Waals surface area contributed by atoms with Crippen molar-refractivity contribution >= 4 is 17.5 Å². The number of hydrogen-bond donors (Lipinski definition) is 0. The summed E-state index contributed by atoms with van der Waals surface area (Å²) in [6.07, 6.45) is 4.67.